The van der Waals surface area contributed by atoms with Crippen molar-refractivity contribution in [3.63, 3.8) is 0 Å². The molecule has 3 heteroatoms. The van der Waals surface area contributed by atoms with Gasteiger partial charge < -0.3 is 4.57 Å². The molecule has 1 aliphatic heterocycles. The van der Waals surface area contributed by atoms with Gasteiger partial charge in [-0.1, -0.05) is 42.5 Å². The molecule has 0 unspecified atom stereocenters. The number of imidazole rings is 1. The normalized spacial score (nSPS) is 13.6. The van der Waals surface area contributed by atoms with Crippen molar-refractivity contribution in [1.82, 2.24) is 9.55 Å². The number of allylic oxidation sites excluding steroid dienone is 2. The number of hydrogen-bond donors (Lipinski definition) is 0. The van der Waals surface area contributed by atoms with Gasteiger partial charge in [-0.15, -0.1) is 5.98 Å². The van der Waals surface area contributed by atoms with Crippen LogP contribution in [0.1, 0.15) is 0 Å². The molecule has 0 atom stereocenters. The van der Waals surface area contributed by atoms with Crippen molar-refractivity contribution in [3.8, 4) is 11.3 Å². The average Bonchev–Trinajstić information content (AvgIpc) is 3.01. The van der Waals surface area contributed by atoms with Gasteiger partial charge in [0.25, 0.3) is 0 Å². The molecule has 0 saturated heterocycles. The quantitative estimate of drug-likeness (QED) is 0.689. The molecule has 1 aliphatic rings. The van der Waals surface area contributed by atoms with Crippen LogP contribution in [0.4, 0.5) is 0 Å². The van der Waals surface area contributed by atoms with Gasteiger partial charge in [0.05, 0.1) is 12.0 Å². The first kappa shape index (κ1) is 9.22. The molecule has 0 saturated carbocycles. The van der Waals surface area contributed by atoms with Gasteiger partial charge in [0, 0.05) is 11.8 Å². The first-order valence-electron chi connectivity index (χ1n) is 5.39. The van der Waals surface area contributed by atoms with E-state index in [1.165, 1.54) is 5.60 Å². The fraction of sp³-hybridized carbons (Fsp3) is 0. The molecule has 76 valence electrons. The Labute approximate surface area is 95.2 Å². The Morgan fingerprint density at radius 3 is 2.75 bits per heavy atom. The Morgan fingerprint density at radius 1 is 1.12 bits per heavy atom. The number of hydrogen-bond acceptors (Lipinski definition) is 1. The lowest BCUT2D eigenvalue weighted by atomic mass is 9.78. The monoisotopic (exact) mass is 206 g/mol. The van der Waals surface area contributed by atoms with Crippen LogP contribution in [0, 0.1) is 0 Å². The molecule has 1 aromatic heterocycles. The van der Waals surface area contributed by atoms with Crippen molar-refractivity contribution in [2.45, 2.75) is 0 Å². The summed E-state index contributed by atoms with van der Waals surface area (Å²) in [6, 6.07) is 10.2. The maximum atomic E-state index is 4.43. The first-order chi connectivity index (χ1) is 7.93. The van der Waals surface area contributed by atoms with Crippen LogP contribution in [0.3, 0.4) is 0 Å². The fourth-order valence-electron chi connectivity index (χ4n) is 1.87. The minimum atomic E-state index is 0.991. The summed E-state index contributed by atoms with van der Waals surface area (Å²) in [6.45, 7) is 0. The lowest BCUT2D eigenvalue weighted by Gasteiger charge is -2.00. The van der Waals surface area contributed by atoms with E-state index in [0.717, 1.165) is 18.5 Å². The second-order valence-corrected chi connectivity index (χ2v) is 3.82. The van der Waals surface area contributed by atoms with E-state index in [2.05, 4.69) is 46.0 Å². The third kappa shape index (κ3) is 1.61. The van der Waals surface area contributed by atoms with E-state index >= 15 is 0 Å². The minimum Gasteiger partial charge on any atom is -0.318 e. The molecule has 16 heavy (non-hydrogen) atoms. The largest absolute Gasteiger partial charge is 0.318 e. The number of aromatic nitrogens is 2. The molecule has 2 aromatic rings. The number of rotatable bonds is 2. The predicted octanol–water partition coefficient (Wildman–Crippen LogP) is 2.31. The molecule has 0 N–H and O–H groups in total. The van der Waals surface area contributed by atoms with Crippen LogP contribution < -0.4 is 0 Å². The molecule has 2 nitrogen and oxygen atoms in total. The van der Waals surface area contributed by atoms with Gasteiger partial charge in [-0.25, -0.2) is 4.98 Å². The van der Waals surface area contributed by atoms with Gasteiger partial charge in [0.15, 0.2) is 0 Å². The fourth-order valence-corrected chi connectivity index (χ4v) is 1.87. The zero-order chi connectivity index (χ0) is 10.8. The zero-order valence-corrected chi connectivity index (χ0v) is 8.88. The molecule has 0 amide bonds. The van der Waals surface area contributed by atoms with Crippen LogP contribution in [0.15, 0.2) is 61.0 Å². The van der Waals surface area contributed by atoms with Crippen molar-refractivity contribution in [2.24, 2.45) is 0 Å². The summed E-state index contributed by atoms with van der Waals surface area (Å²) < 4.78 is 2.09. The van der Waals surface area contributed by atoms with E-state index in [-0.39, 0.29) is 0 Å². The Hall–Kier alpha value is -2.03. The van der Waals surface area contributed by atoms with E-state index in [9.17, 15) is 0 Å². The van der Waals surface area contributed by atoms with Gasteiger partial charge in [0.2, 0.25) is 7.28 Å². The molecule has 0 fully saturated rings. The van der Waals surface area contributed by atoms with E-state index in [0.29, 0.717) is 0 Å². The maximum Gasteiger partial charge on any atom is 0.205 e. The highest BCUT2D eigenvalue weighted by atomic mass is 15.0. The van der Waals surface area contributed by atoms with E-state index in [4.69, 9.17) is 0 Å². The van der Waals surface area contributed by atoms with Crippen LogP contribution >= 0.6 is 0 Å². The van der Waals surface area contributed by atoms with Crippen LogP contribution in [-0.4, -0.2) is 16.8 Å². The summed E-state index contributed by atoms with van der Waals surface area (Å²) in [6.07, 6.45) is 8.16. The summed E-state index contributed by atoms with van der Waals surface area (Å²) >= 11 is 0. The van der Waals surface area contributed by atoms with Gasteiger partial charge in [-0.2, -0.15) is 0 Å². The van der Waals surface area contributed by atoms with E-state index < -0.39 is 0 Å². The molecule has 0 bridgehead atoms. The van der Waals surface area contributed by atoms with Gasteiger partial charge >= 0.3 is 0 Å². The van der Waals surface area contributed by atoms with Gasteiger partial charge in [0.1, 0.15) is 0 Å². The molecule has 0 aliphatic carbocycles. The Bertz CT molecular complexity index is 552. The molecule has 1 aromatic carbocycles. The van der Waals surface area contributed by atoms with Crippen LogP contribution in [0.25, 0.3) is 16.9 Å². The highest BCUT2D eigenvalue weighted by Gasteiger charge is 2.06. The summed E-state index contributed by atoms with van der Waals surface area (Å²) in [5, 5.41) is 0. The molecular formula is C13H11BN2. The van der Waals surface area contributed by atoms with Crippen LogP contribution in [0.5, 0.6) is 0 Å². The van der Waals surface area contributed by atoms with E-state index in [1.807, 2.05) is 24.5 Å². The van der Waals surface area contributed by atoms with Crippen LogP contribution in [-0.2, 0) is 0 Å². The first-order valence-corrected chi connectivity index (χ1v) is 5.39. The molecular weight excluding hydrogens is 195 g/mol. The topological polar surface area (TPSA) is 17.8 Å². The second kappa shape index (κ2) is 3.85. The van der Waals surface area contributed by atoms with Crippen LogP contribution in [0.2, 0.25) is 0 Å². The smallest absolute Gasteiger partial charge is 0.205 e. The summed E-state index contributed by atoms with van der Waals surface area (Å²) in [7, 11) is 0.991. The number of nitrogens with zero attached hydrogens (tertiary/aromatic N) is 2. The van der Waals surface area contributed by atoms with Crippen molar-refractivity contribution in [1.29, 1.82) is 0 Å². The van der Waals surface area contributed by atoms with Crippen molar-refractivity contribution >= 4 is 12.9 Å². The minimum absolute atomic E-state index is 0.991. The van der Waals surface area contributed by atoms with Crippen molar-refractivity contribution < 1.29 is 0 Å². The lowest BCUT2D eigenvalue weighted by molar-refractivity contribution is 1.12. The Kier molecular flexibility index (Phi) is 2.22. The summed E-state index contributed by atoms with van der Waals surface area (Å²) in [4.78, 5) is 4.43. The molecule has 3 rings (SSSR count). The van der Waals surface area contributed by atoms with Gasteiger partial charge in [-0.3, -0.25) is 0 Å². The van der Waals surface area contributed by atoms with Crippen molar-refractivity contribution in [2.75, 3.05) is 0 Å². The van der Waals surface area contributed by atoms with Gasteiger partial charge in [-0.05, 0) is 5.60 Å². The SMILES string of the molecule is B1C=CC=C1n1cnc(-c2ccccc2)c1. The maximum absolute atomic E-state index is 4.43. The number of benzene rings is 1. The van der Waals surface area contributed by atoms with E-state index in [1.54, 1.807) is 0 Å². The highest BCUT2D eigenvalue weighted by molar-refractivity contribution is 6.64. The molecule has 0 radical (unpaired) electrons. The lowest BCUT2D eigenvalue weighted by Crippen LogP contribution is -1.96. The third-order valence-corrected chi connectivity index (χ3v) is 2.74. The highest BCUT2D eigenvalue weighted by Crippen LogP contribution is 2.18. The summed E-state index contributed by atoms with van der Waals surface area (Å²) in [5.74, 6) is 2.15. The molecule has 0 spiro atoms. The van der Waals surface area contributed by atoms with Crippen molar-refractivity contribution in [3.05, 3.63) is 61.0 Å². The molecule has 2 heterocycles. The average molecular weight is 206 g/mol. The predicted molar refractivity (Wildman–Crippen MR) is 68.2 cm³/mol. The standard InChI is InChI=1S/C13H11BN2/c1-2-5-11(6-3-1)12-9-16(10-15-12)13-7-4-8-14-13/h1-10,14H. The summed E-state index contributed by atoms with van der Waals surface area (Å²) in [5.41, 5.74) is 3.45. The second-order valence-electron chi connectivity index (χ2n) is 3.82. The third-order valence-electron chi connectivity index (χ3n) is 2.74. The Balaban J connectivity index is 1.94. The zero-order valence-electron chi connectivity index (χ0n) is 8.88. The Morgan fingerprint density at radius 2 is 2.00 bits per heavy atom.